The zero-order valence-electron chi connectivity index (χ0n) is 7.24. The van der Waals surface area contributed by atoms with Crippen LogP contribution in [0.25, 0.3) is 0 Å². The Hall–Kier alpha value is -0.890. The summed E-state index contributed by atoms with van der Waals surface area (Å²) in [5.74, 6) is 0.543. The molecular formula is C9H14ClNO. The van der Waals surface area contributed by atoms with E-state index in [9.17, 15) is 5.11 Å². The number of nitrogen functional groups attached to an aromatic ring is 1. The Morgan fingerprint density at radius 2 is 1.92 bits per heavy atom. The van der Waals surface area contributed by atoms with Crippen LogP contribution >= 0.6 is 12.4 Å². The van der Waals surface area contributed by atoms with Gasteiger partial charge in [0, 0.05) is 0 Å². The fourth-order valence-electron chi connectivity index (χ4n) is 1.05. The van der Waals surface area contributed by atoms with Crippen LogP contribution in [0, 0.1) is 0 Å². The van der Waals surface area contributed by atoms with Gasteiger partial charge in [-0.15, -0.1) is 12.4 Å². The number of hydrogen-bond donors (Lipinski definition) is 2. The molecule has 12 heavy (non-hydrogen) atoms. The van der Waals surface area contributed by atoms with Crippen LogP contribution in [0.15, 0.2) is 18.2 Å². The smallest absolute Gasteiger partial charge is 0.141 e. The molecule has 0 heterocycles. The number of benzene rings is 1. The maximum Gasteiger partial charge on any atom is 0.141 e. The second-order valence-corrected chi connectivity index (χ2v) is 2.94. The lowest BCUT2D eigenvalue weighted by Crippen LogP contribution is -1.92. The van der Waals surface area contributed by atoms with E-state index in [2.05, 4.69) is 0 Å². The van der Waals surface area contributed by atoms with Crippen molar-refractivity contribution in [2.45, 2.75) is 19.8 Å². The lowest BCUT2D eigenvalue weighted by molar-refractivity contribution is 0.467. The lowest BCUT2D eigenvalue weighted by atomic mass is 10.0. The molecule has 3 heteroatoms. The molecule has 0 bridgehead atoms. The van der Waals surface area contributed by atoms with E-state index in [0.717, 1.165) is 5.56 Å². The maximum absolute atomic E-state index is 9.44. The number of rotatable bonds is 1. The van der Waals surface area contributed by atoms with Crippen LogP contribution in [0.1, 0.15) is 25.3 Å². The molecule has 0 aliphatic carbocycles. The van der Waals surface area contributed by atoms with Crippen molar-refractivity contribution in [2.24, 2.45) is 0 Å². The maximum atomic E-state index is 9.44. The highest BCUT2D eigenvalue weighted by molar-refractivity contribution is 5.85. The van der Waals surface area contributed by atoms with Crippen molar-refractivity contribution in [3.63, 3.8) is 0 Å². The summed E-state index contributed by atoms with van der Waals surface area (Å²) in [5, 5.41) is 9.44. The van der Waals surface area contributed by atoms with Crippen molar-refractivity contribution in [2.75, 3.05) is 5.73 Å². The van der Waals surface area contributed by atoms with Crippen LogP contribution < -0.4 is 5.73 Å². The Labute approximate surface area is 78.8 Å². The molecule has 1 aromatic rings. The number of phenols is 1. The summed E-state index contributed by atoms with van der Waals surface area (Å²) >= 11 is 0. The summed E-state index contributed by atoms with van der Waals surface area (Å²) in [5.41, 5.74) is 6.87. The van der Waals surface area contributed by atoms with E-state index in [0.29, 0.717) is 11.6 Å². The molecule has 0 saturated carbocycles. The van der Waals surface area contributed by atoms with Gasteiger partial charge in [-0.2, -0.15) is 0 Å². The number of anilines is 1. The first-order valence-electron chi connectivity index (χ1n) is 3.70. The molecule has 1 rings (SSSR count). The normalized spacial score (nSPS) is 9.58. The number of aromatic hydroxyl groups is 1. The Balaban J connectivity index is 0.00000121. The molecule has 0 spiro atoms. The van der Waals surface area contributed by atoms with Gasteiger partial charge in [-0.25, -0.2) is 0 Å². The quantitative estimate of drug-likeness (QED) is 0.524. The molecular weight excluding hydrogens is 174 g/mol. The van der Waals surface area contributed by atoms with Gasteiger partial charge < -0.3 is 10.8 Å². The summed E-state index contributed by atoms with van der Waals surface area (Å²) < 4.78 is 0. The summed E-state index contributed by atoms with van der Waals surface area (Å²) in [6, 6.07) is 5.43. The van der Waals surface area contributed by atoms with Crippen molar-refractivity contribution in [1.29, 1.82) is 0 Å². The SMILES string of the molecule is CC(C)c1cccc(N)c1O.Cl. The summed E-state index contributed by atoms with van der Waals surface area (Å²) in [6.45, 7) is 4.04. The first kappa shape index (κ1) is 11.1. The number of para-hydroxylation sites is 1. The average Bonchev–Trinajstić information content (AvgIpc) is 1.94. The van der Waals surface area contributed by atoms with Crippen molar-refractivity contribution < 1.29 is 5.11 Å². The molecule has 0 aliphatic heterocycles. The number of hydrogen-bond acceptors (Lipinski definition) is 2. The van der Waals surface area contributed by atoms with Gasteiger partial charge in [-0.3, -0.25) is 0 Å². The fourth-order valence-corrected chi connectivity index (χ4v) is 1.05. The third-order valence-corrected chi connectivity index (χ3v) is 1.72. The van der Waals surface area contributed by atoms with Crippen LogP contribution in [0.3, 0.4) is 0 Å². The minimum atomic E-state index is 0. The molecule has 0 atom stereocenters. The van der Waals surface area contributed by atoms with Crippen LogP contribution in [0.4, 0.5) is 5.69 Å². The van der Waals surface area contributed by atoms with Gasteiger partial charge in [0.15, 0.2) is 0 Å². The zero-order chi connectivity index (χ0) is 8.43. The van der Waals surface area contributed by atoms with E-state index in [4.69, 9.17) is 5.73 Å². The summed E-state index contributed by atoms with van der Waals surface area (Å²) in [4.78, 5) is 0. The van der Waals surface area contributed by atoms with E-state index in [1.54, 1.807) is 6.07 Å². The standard InChI is InChI=1S/C9H13NO.ClH/c1-6(2)7-4-3-5-8(10)9(7)11;/h3-6,11H,10H2,1-2H3;1H. The van der Waals surface area contributed by atoms with Crippen molar-refractivity contribution in [3.05, 3.63) is 23.8 Å². The van der Waals surface area contributed by atoms with Gasteiger partial charge in [-0.1, -0.05) is 26.0 Å². The highest BCUT2D eigenvalue weighted by Crippen LogP contribution is 2.29. The molecule has 0 amide bonds. The van der Waals surface area contributed by atoms with Gasteiger partial charge in [0.2, 0.25) is 0 Å². The van der Waals surface area contributed by atoms with E-state index >= 15 is 0 Å². The Bertz CT molecular complexity index is 261. The molecule has 0 saturated heterocycles. The lowest BCUT2D eigenvalue weighted by Gasteiger charge is -2.08. The number of phenolic OH excluding ortho intramolecular Hbond substituents is 1. The average molecular weight is 188 g/mol. The largest absolute Gasteiger partial charge is 0.505 e. The number of halogens is 1. The molecule has 0 unspecified atom stereocenters. The second kappa shape index (κ2) is 4.21. The molecule has 0 aliphatic rings. The zero-order valence-corrected chi connectivity index (χ0v) is 8.06. The van der Waals surface area contributed by atoms with E-state index in [1.165, 1.54) is 0 Å². The topological polar surface area (TPSA) is 46.2 Å². The van der Waals surface area contributed by atoms with Crippen LogP contribution in [0.2, 0.25) is 0 Å². The second-order valence-electron chi connectivity index (χ2n) is 2.94. The van der Waals surface area contributed by atoms with Gasteiger partial charge >= 0.3 is 0 Å². The molecule has 3 N–H and O–H groups in total. The Morgan fingerprint density at radius 3 is 2.33 bits per heavy atom. The molecule has 0 aromatic heterocycles. The predicted octanol–water partition coefficient (Wildman–Crippen LogP) is 2.52. The predicted molar refractivity (Wildman–Crippen MR) is 53.9 cm³/mol. The fraction of sp³-hybridized carbons (Fsp3) is 0.333. The van der Waals surface area contributed by atoms with Crippen LogP contribution in [-0.2, 0) is 0 Å². The van der Waals surface area contributed by atoms with Gasteiger partial charge in [0.1, 0.15) is 5.75 Å². The first-order valence-corrected chi connectivity index (χ1v) is 3.70. The van der Waals surface area contributed by atoms with E-state index in [-0.39, 0.29) is 18.2 Å². The molecule has 0 radical (unpaired) electrons. The Morgan fingerprint density at radius 1 is 1.33 bits per heavy atom. The van der Waals surface area contributed by atoms with Gasteiger partial charge in [0.25, 0.3) is 0 Å². The van der Waals surface area contributed by atoms with E-state index < -0.39 is 0 Å². The minimum Gasteiger partial charge on any atom is -0.505 e. The summed E-state index contributed by atoms with van der Waals surface area (Å²) in [6.07, 6.45) is 0. The van der Waals surface area contributed by atoms with E-state index in [1.807, 2.05) is 26.0 Å². The first-order chi connectivity index (χ1) is 5.13. The van der Waals surface area contributed by atoms with Gasteiger partial charge in [-0.05, 0) is 17.5 Å². The monoisotopic (exact) mass is 187 g/mol. The third kappa shape index (κ3) is 2.05. The summed E-state index contributed by atoms with van der Waals surface area (Å²) in [7, 11) is 0. The molecule has 1 aromatic carbocycles. The third-order valence-electron chi connectivity index (χ3n) is 1.72. The Kier molecular flexibility index (Phi) is 3.90. The van der Waals surface area contributed by atoms with Crippen molar-refractivity contribution in [3.8, 4) is 5.75 Å². The van der Waals surface area contributed by atoms with Crippen LogP contribution in [-0.4, -0.2) is 5.11 Å². The van der Waals surface area contributed by atoms with Gasteiger partial charge in [0.05, 0.1) is 5.69 Å². The van der Waals surface area contributed by atoms with Crippen molar-refractivity contribution in [1.82, 2.24) is 0 Å². The molecule has 0 fully saturated rings. The van der Waals surface area contributed by atoms with Crippen molar-refractivity contribution >= 4 is 18.1 Å². The number of nitrogens with two attached hydrogens (primary N) is 1. The molecule has 2 nitrogen and oxygen atoms in total. The minimum absolute atomic E-state index is 0. The molecule has 68 valence electrons. The highest BCUT2D eigenvalue weighted by Gasteiger charge is 2.06. The highest BCUT2D eigenvalue weighted by atomic mass is 35.5. The van der Waals surface area contributed by atoms with Crippen LogP contribution in [0.5, 0.6) is 5.75 Å².